The smallest absolute Gasteiger partial charge is 0.312 e. The molecule has 1 heterocycles. The molecule has 0 atom stereocenters. The third-order valence-electron chi connectivity index (χ3n) is 3.92. The maximum Gasteiger partial charge on any atom is 0.312 e. The Morgan fingerprint density at radius 2 is 1.83 bits per heavy atom. The van der Waals surface area contributed by atoms with Gasteiger partial charge in [-0.05, 0) is 18.2 Å². The Balaban J connectivity index is 1.95. The van der Waals surface area contributed by atoms with Crippen LogP contribution in [0, 0.1) is 10.1 Å². The molecule has 10 heteroatoms. The summed E-state index contributed by atoms with van der Waals surface area (Å²) in [5.41, 5.74) is 0.767. The predicted molar refractivity (Wildman–Crippen MR) is 104 cm³/mol. The second-order valence-electron chi connectivity index (χ2n) is 5.66. The number of nitro benzene ring substituents is 1. The molecule has 0 bridgehead atoms. The number of rotatable bonds is 7. The number of aromatic nitrogens is 1. The molecule has 0 spiro atoms. The lowest BCUT2D eigenvalue weighted by Crippen LogP contribution is -1.95. The first-order valence-electron chi connectivity index (χ1n) is 8.25. The number of aliphatic imine (C=N–C) groups is 1. The topological polar surface area (TPSA) is 129 Å². The zero-order valence-corrected chi connectivity index (χ0v) is 15.8. The van der Waals surface area contributed by atoms with Crippen LogP contribution in [-0.2, 0) is 0 Å². The Morgan fingerprint density at radius 3 is 2.41 bits per heavy atom. The van der Waals surface area contributed by atoms with Crippen molar-refractivity contribution in [1.29, 1.82) is 0 Å². The molecule has 29 heavy (non-hydrogen) atoms. The van der Waals surface area contributed by atoms with Gasteiger partial charge in [0.15, 0.2) is 17.2 Å². The van der Waals surface area contributed by atoms with Crippen molar-refractivity contribution in [1.82, 2.24) is 4.98 Å². The minimum Gasteiger partial charge on any atom is -0.493 e. The monoisotopic (exact) mass is 399 g/mol. The van der Waals surface area contributed by atoms with Gasteiger partial charge >= 0.3 is 5.95 Å². The molecule has 0 saturated heterocycles. The average molecular weight is 399 g/mol. The molecule has 0 aliphatic heterocycles. The molecule has 0 aliphatic carbocycles. The van der Waals surface area contributed by atoms with Crippen LogP contribution in [0.4, 0.5) is 11.4 Å². The lowest BCUT2D eigenvalue weighted by atomic mass is 10.2. The van der Waals surface area contributed by atoms with Crippen molar-refractivity contribution in [2.45, 2.75) is 0 Å². The molecular formula is C19H17N3O7. The first-order chi connectivity index (χ1) is 14.0. The van der Waals surface area contributed by atoms with Gasteiger partial charge in [-0.3, -0.25) is 15.1 Å². The van der Waals surface area contributed by atoms with E-state index in [1.807, 2.05) is 0 Å². The van der Waals surface area contributed by atoms with E-state index in [0.29, 0.717) is 28.5 Å². The summed E-state index contributed by atoms with van der Waals surface area (Å²) in [5.74, 6) is 0.838. The SMILES string of the molecule is COc1cc(-c2nc(C=Nc3cccc([N+](=O)[O-])c3)c(O)o2)cc(OC)c1OC. The zero-order chi connectivity index (χ0) is 21.0. The van der Waals surface area contributed by atoms with Gasteiger partial charge in [-0.25, -0.2) is 4.98 Å². The van der Waals surface area contributed by atoms with Crippen molar-refractivity contribution < 1.29 is 28.7 Å². The lowest BCUT2D eigenvalue weighted by molar-refractivity contribution is -0.384. The van der Waals surface area contributed by atoms with Gasteiger partial charge in [0.1, 0.15) is 0 Å². The minimum atomic E-state index is -0.519. The number of nitrogens with zero attached hydrogens (tertiary/aromatic N) is 3. The number of aromatic hydroxyl groups is 1. The number of oxazole rings is 1. The molecule has 0 amide bonds. The fourth-order valence-corrected chi connectivity index (χ4v) is 2.56. The molecule has 150 valence electrons. The van der Waals surface area contributed by atoms with Crippen LogP contribution in [0.15, 0.2) is 45.8 Å². The fourth-order valence-electron chi connectivity index (χ4n) is 2.56. The predicted octanol–water partition coefficient (Wildman–Crippen LogP) is 3.73. The van der Waals surface area contributed by atoms with E-state index in [-0.39, 0.29) is 17.3 Å². The van der Waals surface area contributed by atoms with Crippen LogP contribution in [0.25, 0.3) is 11.5 Å². The number of nitro groups is 1. The van der Waals surface area contributed by atoms with E-state index >= 15 is 0 Å². The maximum atomic E-state index is 10.8. The Bertz CT molecular complexity index is 1050. The molecule has 0 fully saturated rings. The Morgan fingerprint density at radius 1 is 1.14 bits per heavy atom. The molecule has 1 N–H and O–H groups in total. The van der Waals surface area contributed by atoms with E-state index < -0.39 is 10.9 Å². The highest BCUT2D eigenvalue weighted by Crippen LogP contribution is 2.41. The Labute approximate surface area is 165 Å². The highest BCUT2D eigenvalue weighted by molar-refractivity contribution is 5.83. The number of benzene rings is 2. The summed E-state index contributed by atoms with van der Waals surface area (Å²) >= 11 is 0. The highest BCUT2D eigenvalue weighted by Gasteiger charge is 2.19. The quantitative estimate of drug-likeness (QED) is 0.361. The second kappa shape index (κ2) is 8.30. The van der Waals surface area contributed by atoms with E-state index in [9.17, 15) is 15.2 Å². The summed E-state index contributed by atoms with van der Waals surface area (Å²) in [5, 5.41) is 20.9. The third kappa shape index (κ3) is 4.10. The fraction of sp³-hybridized carbons (Fsp3) is 0.158. The number of non-ortho nitro benzene ring substituents is 1. The molecule has 0 saturated carbocycles. The third-order valence-corrected chi connectivity index (χ3v) is 3.92. The number of methoxy groups -OCH3 is 3. The van der Waals surface area contributed by atoms with Gasteiger partial charge in [0, 0.05) is 17.7 Å². The summed E-state index contributed by atoms with van der Waals surface area (Å²) in [6, 6.07) is 8.99. The molecule has 3 rings (SSSR count). The van der Waals surface area contributed by atoms with E-state index in [1.54, 1.807) is 18.2 Å². The Hall–Kier alpha value is -4.08. The van der Waals surface area contributed by atoms with Gasteiger partial charge in [-0.2, -0.15) is 0 Å². The molecule has 2 aromatic carbocycles. The first-order valence-corrected chi connectivity index (χ1v) is 8.25. The second-order valence-corrected chi connectivity index (χ2v) is 5.66. The van der Waals surface area contributed by atoms with Crippen molar-refractivity contribution >= 4 is 17.6 Å². The zero-order valence-electron chi connectivity index (χ0n) is 15.8. The van der Waals surface area contributed by atoms with E-state index in [4.69, 9.17) is 18.6 Å². The van der Waals surface area contributed by atoms with Gasteiger partial charge in [-0.1, -0.05) is 6.07 Å². The van der Waals surface area contributed by atoms with Crippen molar-refractivity contribution in [2.24, 2.45) is 4.99 Å². The number of hydrogen-bond acceptors (Lipinski definition) is 9. The lowest BCUT2D eigenvalue weighted by Gasteiger charge is -2.12. The van der Waals surface area contributed by atoms with Gasteiger partial charge in [0.05, 0.1) is 38.2 Å². The van der Waals surface area contributed by atoms with Gasteiger partial charge in [-0.15, -0.1) is 0 Å². The molecule has 0 radical (unpaired) electrons. The molecule has 10 nitrogen and oxygen atoms in total. The highest BCUT2D eigenvalue weighted by atomic mass is 16.6. The largest absolute Gasteiger partial charge is 0.493 e. The van der Waals surface area contributed by atoms with Crippen LogP contribution < -0.4 is 14.2 Å². The molecule has 0 unspecified atom stereocenters. The summed E-state index contributed by atoms with van der Waals surface area (Å²) in [6.07, 6.45) is 1.25. The maximum absolute atomic E-state index is 10.8. The van der Waals surface area contributed by atoms with Crippen molar-refractivity contribution in [3.8, 4) is 34.6 Å². The van der Waals surface area contributed by atoms with Gasteiger partial charge in [0.2, 0.25) is 11.6 Å². The van der Waals surface area contributed by atoms with Crippen LogP contribution in [0.5, 0.6) is 23.2 Å². The normalized spacial score (nSPS) is 10.9. The van der Waals surface area contributed by atoms with Gasteiger partial charge < -0.3 is 23.7 Å². The van der Waals surface area contributed by atoms with Crippen LogP contribution >= 0.6 is 0 Å². The van der Waals surface area contributed by atoms with E-state index in [1.165, 1.54) is 45.7 Å². The van der Waals surface area contributed by atoms with E-state index in [2.05, 4.69) is 9.98 Å². The Kier molecular flexibility index (Phi) is 5.63. The van der Waals surface area contributed by atoms with Crippen molar-refractivity contribution in [2.75, 3.05) is 21.3 Å². The van der Waals surface area contributed by atoms with Crippen molar-refractivity contribution in [3.63, 3.8) is 0 Å². The van der Waals surface area contributed by atoms with Crippen LogP contribution in [0.3, 0.4) is 0 Å². The molecular weight excluding hydrogens is 382 g/mol. The number of hydrogen-bond donors (Lipinski definition) is 1. The van der Waals surface area contributed by atoms with Gasteiger partial charge in [0.25, 0.3) is 5.69 Å². The average Bonchev–Trinajstić information content (AvgIpc) is 3.11. The first kappa shape index (κ1) is 19.7. The van der Waals surface area contributed by atoms with Crippen LogP contribution in [0.1, 0.15) is 5.69 Å². The summed E-state index contributed by atoms with van der Waals surface area (Å²) in [7, 11) is 4.44. The summed E-state index contributed by atoms with van der Waals surface area (Å²) < 4.78 is 21.2. The molecule has 3 aromatic rings. The minimum absolute atomic E-state index is 0.0558. The summed E-state index contributed by atoms with van der Waals surface area (Å²) in [6.45, 7) is 0. The number of ether oxygens (including phenoxy) is 3. The van der Waals surface area contributed by atoms with Crippen LogP contribution in [-0.4, -0.2) is 42.6 Å². The van der Waals surface area contributed by atoms with Crippen molar-refractivity contribution in [3.05, 3.63) is 52.2 Å². The molecule has 1 aromatic heterocycles. The van der Waals surface area contributed by atoms with E-state index in [0.717, 1.165) is 0 Å². The standard InChI is InChI=1S/C19H17N3O7/c1-26-15-7-11(8-16(27-2)17(15)28-3)18-21-14(19(23)29-18)10-20-12-5-4-6-13(9-12)22(24)25/h4-10,23H,1-3H3. The van der Waals surface area contributed by atoms with Crippen LogP contribution in [0.2, 0.25) is 0 Å². The molecule has 0 aliphatic rings. The summed E-state index contributed by atoms with van der Waals surface area (Å²) in [4.78, 5) is 18.6.